The van der Waals surface area contributed by atoms with Crippen LogP contribution in [-0.2, 0) is 9.53 Å². The van der Waals surface area contributed by atoms with Gasteiger partial charge >= 0.3 is 5.97 Å². The highest BCUT2D eigenvalue weighted by Crippen LogP contribution is 2.33. The van der Waals surface area contributed by atoms with Crippen LogP contribution in [0.3, 0.4) is 0 Å². The fourth-order valence-corrected chi connectivity index (χ4v) is 6.45. The van der Waals surface area contributed by atoms with E-state index in [0.29, 0.717) is 37.4 Å². The van der Waals surface area contributed by atoms with Crippen molar-refractivity contribution in [2.75, 3.05) is 7.11 Å². The van der Waals surface area contributed by atoms with Crippen LogP contribution in [0.2, 0.25) is 0 Å². The van der Waals surface area contributed by atoms with Crippen molar-refractivity contribution in [3.8, 4) is 16.9 Å². The van der Waals surface area contributed by atoms with Crippen molar-refractivity contribution in [1.82, 2.24) is 14.3 Å². The van der Waals surface area contributed by atoms with E-state index in [1.165, 1.54) is 41.9 Å². The van der Waals surface area contributed by atoms with Gasteiger partial charge in [-0.05, 0) is 60.8 Å². The van der Waals surface area contributed by atoms with E-state index in [9.17, 15) is 14.0 Å². The van der Waals surface area contributed by atoms with Crippen LogP contribution in [0.1, 0.15) is 23.4 Å². The number of thiophene rings is 1. The van der Waals surface area contributed by atoms with E-state index in [4.69, 9.17) is 9.84 Å². The van der Waals surface area contributed by atoms with Gasteiger partial charge in [-0.1, -0.05) is 35.6 Å². The fourth-order valence-electron chi connectivity index (χ4n) is 4.59. The standard InChI is InChI=1S/C29H21FN4O3S2/c1-17-24(28(36)37-2)26(22-9-6-14-38-22)34-27(35)23(39-29(34)31-17)15-19-16-33(21-7-4-3-5-8-21)32-25(19)18-10-12-20(30)13-11-18/h3-16,26H,1-2H3/b23-15-. The minimum atomic E-state index is -0.639. The molecule has 0 amide bonds. The second kappa shape index (κ2) is 10.0. The quantitative estimate of drug-likeness (QED) is 0.300. The van der Waals surface area contributed by atoms with Gasteiger partial charge in [-0.25, -0.2) is 18.9 Å². The van der Waals surface area contributed by atoms with E-state index in [1.807, 2.05) is 54.0 Å². The monoisotopic (exact) mass is 556 g/mol. The van der Waals surface area contributed by atoms with E-state index in [1.54, 1.807) is 34.4 Å². The molecule has 4 heterocycles. The summed E-state index contributed by atoms with van der Waals surface area (Å²) in [6, 6.07) is 18.8. The number of ether oxygens (including phenoxy) is 1. The molecule has 1 aliphatic heterocycles. The molecule has 6 rings (SSSR count). The molecule has 1 atom stereocenters. The number of hydrogen-bond donors (Lipinski definition) is 0. The second-order valence-electron chi connectivity index (χ2n) is 8.81. The number of aromatic nitrogens is 3. The SMILES string of the molecule is COC(=O)C1=C(C)N=c2s/c(=C\c3cn(-c4ccccc4)nc3-c3ccc(F)cc3)c(=O)n2C1c1cccs1. The number of benzene rings is 2. The molecule has 0 N–H and O–H groups in total. The van der Waals surface area contributed by atoms with Crippen LogP contribution in [0.15, 0.2) is 99.4 Å². The van der Waals surface area contributed by atoms with Gasteiger partial charge in [0.15, 0.2) is 4.80 Å². The number of carbonyl (C=O) groups is 1. The molecule has 0 fully saturated rings. The van der Waals surface area contributed by atoms with E-state index in [0.717, 1.165) is 10.6 Å². The number of nitrogens with zero attached hydrogens (tertiary/aromatic N) is 4. The summed E-state index contributed by atoms with van der Waals surface area (Å²) in [7, 11) is 1.32. The van der Waals surface area contributed by atoms with Gasteiger partial charge in [0, 0.05) is 22.2 Å². The molecule has 5 aromatic rings. The molecule has 7 nitrogen and oxygen atoms in total. The van der Waals surface area contributed by atoms with Crippen molar-refractivity contribution in [2.45, 2.75) is 13.0 Å². The Hall–Kier alpha value is -4.41. The number of hydrogen-bond acceptors (Lipinski definition) is 7. The number of carbonyl (C=O) groups excluding carboxylic acids is 1. The van der Waals surface area contributed by atoms with Crippen molar-refractivity contribution in [3.63, 3.8) is 0 Å². The molecule has 1 aliphatic rings. The first-order valence-corrected chi connectivity index (χ1v) is 13.7. The highest BCUT2D eigenvalue weighted by molar-refractivity contribution is 7.10. The van der Waals surface area contributed by atoms with Gasteiger partial charge in [0.1, 0.15) is 17.6 Å². The zero-order valence-electron chi connectivity index (χ0n) is 20.9. The molecular weight excluding hydrogens is 535 g/mol. The Morgan fingerprint density at radius 3 is 2.54 bits per heavy atom. The molecule has 0 spiro atoms. The molecular formula is C29H21FN4O3S2. The predicted molar refractivity (Wildman–Crippen MR) is 149 cm³/mol. The molecule has 10 heteroatoms. The lowest BCUT2D eigenvalue weighted by Crippen LogP contribution is -2.39. The Morgan fingerprint density at radius 2 is 1.85 bits per heavy atom. The summed E-state index contributed by atoms with van der Waals surface area (Å²) >= 11 is 2.70. The Morgan fingerprint density at radius 1 is 1.08 bits per heavy atom. The fraction of sp³-hybridized carbons (Fsp3) is 0.103. The highest BCUT2D eigenvalue weighted by atomic mass is 32.1. The summed E-state index contributed by atoms with van der Waals surface area (Å²) in [5, 5.41) is 6.67. The zero-order valence-corrected chi connectivity index (χ0v) is 22.5. The summed E-state index contributed by atoms with van der Waals surface area (Å²) in [5.41, 5.74) is 3.42. The van der Waals surface area contributed by atoms with Crippen molar-refractivity contribution in [3.05, 3.63) is 126 Å². The molecule has 0 bridgehead atoms. The molecule has 39 heavy (non-hydrogen) atoms. The summed E-state index contributed by atoms with van der Waals surface area (Å²) in [4.78, 5) is 32.6. The molecule has 0 aliphatic carbocycles. The topological polar surface area (TPSA) is 78.5 Å². The van der Waals surface area contributed by atoms with Gasteiger partial charge in [0.05, 0.1) is 28.6 Å². The van der Waals surface area contributed by atoms with Crippen LogP contribution in [0.4, 0.5) is 4.39 Å². The first kappa shape index (κ1) is 24.9. The maximum Gasteiger partial charge on any atom is 0.338 e. The Labute approximate surface area is 230 Å². The maximum atomic E-state index is 13.9. The van der Waals surface area contributed by atoms with Crippen molar-refractivity contribution >= 4 is 34.7 Å². The van der Waals surface area contributed by atoms with Gasteiger partial charge in [0.25, 0.3) is 5.56 Å². The minimum absolute atomic E-state index is 0.274. The maximum absolute atomic E-state index is 13.9. The minimum Gasteiger partial charge on any atom is -0.466 e. The molecule has 2 aromatic carbocycles. The lowest BCUT2D eigenvalue weighted by molar-refractivity contribution is -0.136. The predicted octanol–water partition coefficient (Wildman–Crippen LogP) is 4.46. The highest BCUT2D eigenvalue weighted by Gasteiger charge is 2.33. The summed E-state index contributed by atoms with van der Waals surface area (Å²) in [6.45, 7) is 1.75. The number of allylic oxidation sites excluding steroid dienone is 1. The van der Waals surface area contributed by atoms with Crippen LogP contribution in [0.25, 0.3) is 23.0 Å². The van der Waals surface area contributed by atoms with Crippen LogP contribution in [0, 0.1) is 5.82 Å². The molecule has 3 aromatic heterocycles. The smallest absolute Gasteiger partial charge is 0.338 e. The normalized spacial score (nSPS) is 15.3. The molecule has 194 valence electrons. The summed E-state index contributed by atoms with van der Waals surface area (Å²) in [5.74, 6) is -0.867. The second-order valence-corrected chi connectivity index (χ2v) is 10.8. The number of methoxy groups -OCH3 is 1. The molecule has 0 saturated heterocycles. The van der Waals surface area contributed by atoms with Crippen molar-refractivity contribution in [2.24, 2.45) is 4.99 Å². The molecule has 0 radical (unpaired) electrons. The first-order valence-electron chi connectivity index (χ1n) is 12.0. The van der Waals surface area contributed by atoms with Crippen molar-refractivity contribution < 1.29 is 13.9 Å². The third-order valence-corrected chi connectivity index (χ3v) is 8.31. The number of fused-ring (bicyclic) bond motifs is 1. The summed E-state index contributed by atoms with van der Waals surface area (Å²) < 4.78 is 22.5. The first-order chi connectivity index (χ1) is 18.9. The van der Waals surface area contributed by atoms with Gasteiger partial charge in [-0.15, -0.1) is 11.3 Å². The van der Waals surface area contributed by atoms with Crippen molar-refractivity contribution in [1.29, 1.82) is 0 Å². The van der Waals surface area contributed by atoms with Crippen LogP contribution in [0.5, 0.6) is 0 Å². The zero-order chi connectivity index (χ0) is 27.1. The number of thiazole rings is 1. The number of rotatable bonds is 5. The van der Waals surface area contributed by atoms with E-state index in [-0.39, 0.29) is 11.4 Å². The molecule has 1 unspecified atom stereocenters. The summed E-state index contributed by atoms with van der Waals surface area (Å²) in [6.07, 6.45) is 3.62. The Bertz CT molecular complexity index is 1900. The Balaban J connectivity index is 1.56. The van der Waals surface area contributed by atoms with Crippen LogP contribution < -0.4 is 14.9 Å². The lowest BCUT2D eigenvalue weighted by atomic mass is 10.0. The lowest BCUT2D eigenvalue weighted by Gasteiger charge is -2.22. The van der Waals surface area contributed by atoms with E-state index in [2.05, 4.69) is 4.99 Å². The van der Waals surface area contributed by atoms with Gasteiger partial charge < -0.3 is 4.74 Å². The largest absolute Gasteiger partial charge is 0.466 e. The number of para-hydroxylation sites is 1. The number of esters is 1. The van der Waals surface area contributed by atoms with E-state index < -0.39 is 12.0 Å². The number of halogens is 1. The third-order valence-electron chi connectivity index (χ3n) is 6.41. The van der Waals surface area contributed by atoms with Gasteiger partial charge in [0.2, 0.25) is 0 Å². The van der Waals surface area contributed by atoms with E-state index >= 15 is 0 Å². The van der Waals surface area contributed by atoms with Crippen LogP contribution >= 0.6 is 22.7 Å². The average Bonchev–Trinajstić information content (AvgIpc) is 3.69. The van der Waals surface area contributed by atoms with Gasteiger partial charge in [-0.3, -0.25) is 9.36 Å². The van der Waals surface area contributed by atoms with Crippen LogP contribution in [-0.4, -0.2) is 27.4 Å². The third kappa shape index (κ3) is 4.47. The molecule has 0 saturated carbocycles. The Kier molecular flexibility index (Phi) is 6.41. The van der Waals surface area contributed by atoms with Gasteiger partial charge in [-0.2, -0.15) is 5.10 Å². The average molecular weight is 557 g/mol.